The minimum Gasteiger partial charge on any atom is -0.508 e. The predicted octanol–water partition coefficient (Wildman–Crippen LogP) is 2.33. The fourth-order valence-corrected chi connectivity index (χ4v) is 2.94. The van der Waals surface area contributed by atoms with Gasteiger partial charge in [0.25, 0.3) is 0 Å². The Morgan fingerprint density at radius 2 is 2.19 bits per heavy atom. The van der Waals surface area contributed by atoms with Crippen LogP contribution in [0.2, 0.25) is 0 Å². The summed E-state index contributed by atoms with van der Waals surface area (Å²) in [5, 5.41) is 16.6. The predicted molar refractivity (Wildman–Crippen MR) is 118 cm³/mol. The Morgan fingerprint density at radius 3 is 2.81 bits per heavy atom. The first kappa shape index (κ1) is 23.3. The van der Waals surface area contributed by atoms with Gasteiger partial charge in [-0.25, -0.2) is 4.99 Å². The van der Waals surface area contributed by atoms with E-state index < -0.39 is 0 Å². The van der Waals surface area contributed by atoms with Crippen LogP contribution < -0.4 is 15.4 Å². The molecule has 8 heteroatoms. The summed E-state index contributed by atoms with van der Waals surface area (Å²) in [6, 6.07) is 5.27. The number of rotatable bonds is 6. The van der Waals surface area contributed by atoms with E-state index in [0.29, 0.717) is 30.4 Å². The maximum atomic E-state index is 12.1. The zero-order chi connectivity index (χ0) is 19.1. The SMILES string of the molecule is CCNC(=NCc1cc(OC)ccc1O)NC1CCN(C(=O)C(C)C)C1.I. The zero-order valence-corrected chi connectivity index (χ0v) is 18.8. The lowest BCUT2D eigenvalue weighted by Crippen LogP contribution is -2.45. The highest BCUT2D eigenvalue weighted by Crippen LogP contribution is 2.23. The molecule has 0 radical (unpaired) electrons. The second-order valence-corrected chi connectivity index (χ2v) is 6.76. The molecule has 152 valence electrons. The van der Waals surface area contributed by atoms with Gasteiger partial charge in [0.1, 0.15) is 11.5 Å². The number of carbonyl (C=O) groups is 1. The van der Waals surface area contributed by atoms with Gasteiger partial charge >= 0.3 is 0 Å². The zero-order valence-electron chi connectivity index (χ0n) is 16.5. The van der Waals surface area contributed by atoms with Crippen LogP contribution >= 0.6 is 24.0 Å². The lowest BCUT2D eigenvalue weighted by Gasteiger charge is -2.20. The number of phenols is 1. The van der Waals surface area contributed by atoms with E-state index in [1.54, 1.807) is 25.3 Å². The van der Waals surface area contributed by atoms with E-state index in [1.807, 2.05) is 25.7 Å². The number of likely N-dealkylation sites (tertiary alicyclic amines) is 1. The molecule has 0 saturated carbocycles. The number of aromatic hydroxyl groups is 1. The van der Waals surface area contributed by atoms with Crippen molar-refractivity contribution in [1.82, 2.24) is 15.5 Å². The maximum absolute atomic E-state index is 12.1. The fraction of sp³-hybridized carbons (Fsp3) is 0.579. The quantitative estimate of drug-likeness (QED) is 0.324. The van der Waals surface area contributed by atoms with Gasteiger partial charge in [-0.05, 0) is 31.5 Å². The monoisotopic (exact) mass is 490 g/mol. The van der Waals surface area contributed by atoms with E-state index in [0.717, 1.165) is 19.5 Å². The van der Waals surface area contributed by atoms with Gasteiger partial charge in [0.05, 0.1) is 13.7 Å². The summed E-state index contributed by atoms with van der Waals surface area (Å²) in [5.74, 6) is 1.77. The number of nitrogens with zero attached hydrogens (tertiary/aromatic N) is 2. The molecule has 0 aromatic heterocycles. The molecule has 0 bridgehead atoms. The van der Waals surface area contributed by atoms with Crippen molar-refractivity contribution < 1.29 is 14.6 Å². The van der Waals surface area contributed by atoms with Gasteiger partial charge in [-0.3, -0.25) is 4.79 Å². The fourth-order valence-electron chi connectivity index (χ4n) is 2.94. The van der Waals surface area contributed by atoms with Crippen LogP contribution in [0.25, 0.3) is 0 Å². The Labute approximate surface area is 178 Å². The van der Waals surface area contributed by atoms with Gasteiger partial charge in [-0.2, -0.15) is 0 Å². The number of amides is 1. The Bertz CT molecular complexity index is 652. The van der Waals surface area contributed by atoms with Gasteiger partial charge in [0, 0.05) is 37.2 Å². The molecule has 1 amide bonds. The number of phenolic OH excluding ortho intramolecular Hbond substituents is 1. The molecule has 0 aliphatic carbocycles. The summed E-state index contributed by atoms with van der Waals surface area (Å²) < 4.78 is 5.20. The maximum Gasteiger partial charge on any atom is 0.225 e. The molecule has 7 nitrogen and oxygen atoms in total. The molecular weight excluding hydrogens is 459 g/mol. The van der Waals surface area contributed by atoms with Crippen LogP contribution in [-0.2, 0) is 11.3 Å². The van der Waals surface area contributed by atoms with E-state index in [-0.39, 0.29) is 47.6 Å². The van der Waals surface area contributed by atoms with Crippen molar-refractivity contribution >= 4 is 35.8 Å². The van der Waals surface area contributed by atoms with Crippen molar-refractivity contribution in [3.63, 3.8) is 0 Å². The first-order valence-corrected chi connectivity index (χ1v) is 9.14. The molecule has 1 aliphatic rings. The average molecular weight is 490 g/mol. The summed E-state index contributed by atoms with van der Waals surface area (Å²) in [6.45, 7) is 8.38. The summed E-state index contributed by atoms with van der Waals surface area (Å²) >= 11 is 0. The summed E-state index contributed by atoms with van der Waals surface area (Å²) in [7, 11) is 1.59. The van der Waals surface area contributed by atoms with E-state index in [4.69, 9.17) is 4.74 Å². The molecule has 3 N–H and O–H groups in total. The van der Waals surface area contributed by atoms with E-state index >= 15 is 0 Å². The van der Waals surface area contributed by atoms with Crippen LogP contribution in [0.1, 0.15) is 32.8 Å². The molecule has 27 heavy (non-hydrogen) atoms. The summed E-state index contributed by atoms with van der Waals surface area (Å²) in [6.07, 6.45) is 0.896. The number of halogens is 1. The minimum atomic E-state index is 0. The molecule has 1 aromatic rings. The lowest BCUT2D eigenvalue weighted by atomic mass is 10.2. The number of hydrogen-bond acceptors (Lipinski definition) is 4. The van der Waals surface area contributed by atoms with Crippen LogP contribution in [0.4, 0.5) is 0 Å². The van der Waals surface area contributed by atoms with E-state index in [9.17, 15) is 9.90 Å². The van der Waals surface area contributed by atoms with Crippen LogP contribution in [-0.4, -0.2) is 54.7 Å². The smallest absolute Gasteiger partial charge is 0.225 e. The number of guanidine groups is 1. The number of ether oxygens (including phenoxy) is 1. The molecule has 1 heterocycles. The molecule has 1 fully saturated rings. The number of methoxy groups -OCH3 is 1. The van der Waals surface area contributed by atoms with Gasteiger partial charge in [-0.15, -0.1) is 24.0 Å². The van der Waals surface area contributed by atoms with Crippen LogP contribution in [0.5, 0.6) is 11.5 Å². The van der Waals surface area contributed by atoms with Crippen molar-refractivity contribution in [3.05, 3.63) is 23.8 Å². The second-order valence-electron chi connectivity index (χ2n) is 6.76. The van der Waals surface area contributed by atoms with E-state index in [2.05, 4.69) is 15.6 Å². The number of hydrogen-bond donors (Lipinski definition) is 3. The Balaban J connectivity index is 0.00000364. The molecule has 1 atom stereocenters. The molecule has 2 rings (SSSR count). The standard InChI is InChI=1S/C19H30N4O3.HI/c1-5-20-19(21-11-14-10-16(26-4)6-7-17(14)24)22-15-8-9-23(12-15)18(25)13(2)3;/h6-7,10,13,15,24H,5,8-9,11-12H2,1-4H3,(H2,20,21,22);1H. The Kier molecular flexibility index (Phi) is 9.68. The molecule has 0 spiro atoms. The number of nitrogens with one attached hydrogen (secondary N) is 2. The second kappa shape index (κ2) is 11.2. The molecule has 1 saturated heterocycles. The van der Waals surface area contributed by atoms with Crippen molar-refractivity contribution in [1.29, 1.82) is 0 Å². The van der Waals surface area contributed by atoms with Crippen molar-refractivity contribution in [2.24, 2.45) is 10.9 Å². The van der Waals surface area contributed by atoms with Crippen molar-refractivity contribution in [3.8, 4) is 11.5 Å². The molecule has 1 aliphatic heterocycles. The largest absolute Gasteiger partial charge is 0.508 e. The first-order chi connectivity index (χ1) is 12.4. The molecular formula is C19H31IN4O3. The van der Waals surface area contributed by atoms with Gasteiger partial charge in [0.2, 0.25) is 5.91 Å². The van der Waals surface area contributed by atoms with E-state index in [1.165, 1.54) is 0 Å². The molecule has 1 aromatic carbocycles. The Morgan fingerprint density at radius 1 is 1.44 bits per heavy atom. The lowest BCUT2D eigenvalue weighted by molar-refractivity contribution is -0.133. The highest BCUT2D eigenvalue weighted by Gasteiger charge is 2.27. The molecule has 1 unspecified atom stereocenters. The third kappa shape index (κ3) is 6.75. The number of aliphatic imine (C=N–C) groups is 1. The average Bonchev–Trinajstić information content (AvgIpc) is 3.08. The third-order valence-electron chi connectivity index (χ3n) is 4.37. The highest BCUT2D eigenvalue weighted by atomic mass is 127. The minimum absolute atomic E-state index is 0. The highest BCUT2D eigenvalue weighted by molar-refractivity contribution is 14.0. The first-order valence-electron chi connectivity index (χ1n) is 9.14. The topological polar surface area (TPSA) is 86.2 Å². The van der Waals surface area contributed by atoms with Crippen LogP contribution in [0.15, 0.2) is 23.2 Å². The number of benzene rings is 1. The number of carbonyl (C=O) groups excluding carboxylic acids is 1. The normalized spacial score (nSPS) is 16.9. The van der Waals surface area contributed by atoms with Crippen molar-refractivity contribution in [2.75, 3.05) is 26.7 Å². The Hall–Kier alpha value is -1.71. The summed E-state index contributed by atoms with van der Waals surface area (Å²) in [4.78, 5) is 18.6. The van der Waals surface area contributed by atoms with Gasteiger partial charge in [-0.1, -0.05) is 13.8 Å². The van der Waals surface area contributed by atoms with Gasteiger partial charge in [0.15, 0.2) is 5.96 Å². The third-order valence-corrected chi connectivity index (χ3v) is 4.37. The van der Waals surface area contributed by atoms with Crippen LogP contribution in [0.3, 0.4) is 0 Å². The van der Waals surface area contributed by atoms with Crippen molar-refractivity contribution in [2.45, 2.75) is 39.8 Å². The summed E-state index contributed by atoms with van der Waals surface area (Å²) in [5.41, 5.74) is 0.699. The van der Waals surface area contributed by atoms with Gasteiger partial charge < -0.3 is 25.4 Å². The van der Waals surface area contributed by atoms with Crippen LogP contribution in [0, 0.1) is 5.92 Å².